The first-order chi connectivity index (χ1) is 9.19. The largest absolute Gasteiger partial charge is 0.497 e. The van der Waals surface area contributed by atoms with Gasteiger partial charge in [0.05, 0.1) is 26.5 Å². The molecule has 0 unspecified atom stereocenters. The highest BCUT2D eigenvalue weighted by molar-refractivity contribution is 5.88. The molecule has 1 heterocycles. The fourth-order valence-corrected chi connectivity index (χ4v) is 1.66. The van der Waals surface area contributed by atoms with Crippen LogP contribution >= 0.6 is 0 Å². The molecule has 0 radical (unpaired) electrons. The Hall–Kier alpha value is -2.34. The number of carbonyl (C=O) groups excluding carboxylic acids is 1. The zero-order chi connectivity index (χ0) is 13.8. The Morgan fingerprint density at radius 2 is 2.00 bits per heavy atom. The lowest BCUT2D eigenvalue weighted by Crippen LogP contribution is -2.06. The van der Waals surface area contributed by atoms with Crippen LogP contribution in [0.3, 0.4) is 0 Å². The van der Waals surface area contributed by atoms with Crippen LogP contribution in [0.1, 0.15) is 16.1 Å². The Morgan fingerprint density at radius 1 is 1.32 bits per heavy atom. The van der Waals surface area contributed by atoms with Gasteiger partial charge in [0.1, 0.15) is 5.75 Å². The quantitative estimate of drug-likeness (QED) is 0.837. The Bertz CT molecular complexity index is 575. The van der Waals surface area contributed by atoms with Gasteiger partial charge in [-0.25, -0.2) is 9.48 Å². The van der Waals surface area contributed by atoms with Crippen molar-refractivity contribution in [3.63, 3.8) is 0 Å². The van der Waals surface area contributed by atoms with Gasteiger partial charge in [-0.15, -0.1) is 0 Å². The third kappa shape index (κ3) is 2.58. The van der Waals surface area contributed by atoms with Crippen molar-refractivity contribution in [1.29, 1.82) is 0 Å². The zero-order valence-electron chi connectivity index (χ0n) is 10.7. The number of hydrogen-bond acceptors (Lipinski definition) is 5. The average molecular weight is 262 g/mol. The van der Waals surface area contributed by atoms with Crippen LogP contribution in [0.5, 0.6) is 5.75 Å². The van der Waals surface area contributed by atoms with E-state index < -0.39 is 5.97 Å². The summed E-state index contributed by atoms with van der Waals surface area (Å²) in [4.78, 5) is 11.5. The number of benzene rings is 1. The average Bonchev–Trinajstić information content (AvgIpc) is 2.90. The molecule has 1 aromatic heterocycles. The molecule has 1 N–H and O–H groups in total. The number of esters is 1. The number of rotatable bonds is 4. The standard InChI is InChI=1S/C13H14N2O4/c1-18-11-5-3-10(4-6-11)15-7-9(8-16)12(14-15)13(17)19-2/h3-7,16H,8H2,1-2H3. The van der Waals surface area contributed by atoms with Crippen molar-refractivity contribution in [3.05, 3.63) is 41.7 Å². The first kappa shape index (κ1) is 13.1. The molecule has 0 amide bonds. The highest BCUT2D eigenvalue weighted by Gasteiger charge is 2.17. The summed E-state index contributed by atoms with van der Waals surface area (Å²) in [5.41, 5.74) is 1.29. The van der Waals surface area contributed by atoms with Gasteiger partial charge in [-0.1, -0.05) is 0 Å². The van der Waals surface area contributed by atoms with E-state index in [2.05, 4.69) is 9.84 Å². The number of hydrogen-bond donors (Lipinski definition) is 1. The summed E-state index contributed by atoms with van der Waals surface area (Å²) >= 11 is 0. The van der Waals surface area contributed by atoms with Crippen LogP contribution in [0.15, 0.2) is 30.5 Å². The second-order valence-corrected chi connectivity index (χ2v) is 3.80. The van der Waals surface area contributed by atoms with Gasteiger partial charge in [0.15, 0.2) is 5.69 Å². The zero-order valence-corrected chi connectivity index (χ0v) is 10.7. The molecule has 0 aliphatic carbocycles. The first-order valence-electron chi connectivity index (χ1n) is 5.61. The highest BCUT2D eigenvalue weighted by Crippen LogP contribution is 2.17. The van der Waals surface area contributed by atoms with Crippen LogP contribution < -0.4 is 4.74 Å². The van der Waals surface area contributed by atoms with Crippen LogP contribution in [0.25, 0.3) is 5.69 Å². The monoisotopic (exact) mass is 262 g/mol. The molecule has 0 bridgehead atoms. The van der Waals surface area contributed by atoms with Crippen LogP contribution in [-0.4, -0.2) is 35.1 Å². The number of nitrogens with zero attached hydrogens (tertiary/aromatic N) is 2. The third-order valence-corrected chi connectivity index (χ3v) is 2.68. The van der Waals surface area contributed by atoms with E-state index in [0.717, 1.165) is 11.4 Å². The van der Waals surface area contributed by atoms with Gasteiger partial charge in [0.25, 0.3) is 0 Å². The molecule has 1 aromatic carbocycles. The number of aliphatic hydroxyl groups is 1. The summed E-state index contributed by atoms with van der Waals surface area (Å²) < 4.78 is 11.2. The minimum absolute atomic E-state index is 0.112. The topological polar surface area (TPSA) is 73.6 Å². The molecule has 0 aliphatic rings. The SMILES string of the molecule is COC(=O)c1nn(-c2ccc(OC)cc2)cc1CO. The Balaban J connectivity index is 2.39. The van der Waals surface area contributed by atoms with Gasteiger partial charge in [-0.2, -0.15) is 5.10 Å². The molecule has 0 aliphatic heterocycles. The van der Waals surface area contributed by atoms with E-state index in [4.69, 9.17) is 4.74 Å². The smallest absolute Gasteiger partial charge is 0.358 e. The van der Waals surface area contributed by atoms with Crippen molar-refractivity contribution in [2.24, 2.45) is 0 Å². The minimum Gasteiger partial charge on any atom is -0.497 e. The predicted octanol–water partition coefficient (Wildman–Crippen LogP) is 1.16. The van der Waals surface area contributed by atoms with Crippen molar-refractivity contribution in [3.8, 4) is 11.4 Å². The van der Waals surface area contributed by atoms with E-state index in [1.807, 2.05) is 0 Å². The minimum atomic E-state index is -0.573. The third-order valence-electron chi connectivity index (χ3n) is 2.68. The van der Waals surface area contributed by atoms with E-state index in [9.17, 15) is 9.90 Å². The molecule has 2 aromatic rings. The fourth-order valence-electron chi connectivity index (χ4n) is 1.66. The van der Waals surface area contributed by atoms with E-state index >= 15 is 0 Å². The van der Waals surface area contributed by atoms with Crippen molar-refractivity contribution in [1.82, 2.24) is 9.78 Å². The molecular weight excluding hydrogens is 248 g/mol. The summed E-state index contributed by atoms with van der Waals surface area (Å²) in [6.45, 7) is -0.277. The van der Waals surface area contributed by atoms with Gasteiger partial charge in [-0.05, 0) is 24.3 Å². The Kier molecular flexibility index (Phi) is 3.82. The molecule has 100 valence electrons. The first-order valence-corrected chi connectivity index (χ1v) is 5.61. The van der Waals surface area contributed by atoms with Crippen molar-refractivity contribution < 1.29 is 19.4 Å². The molecule has 19 heavy (non-hydrogen) atoms. The molecule has 0 fully saturated rings. The molecule has 6 nitrogen and oxygen atoms in total. The Labute approximate surface area is 110 Å². The maximum absolute atomic E-state index is 11.5. The molecule has 0 atom stereocenters. The maximum atomic E-state index is 11.5. The molecule has 2 rings (SSSR count). The number of methoxy groups -OCH3 is 2. The summed E-state index contributed by atoms with van der Waals surface area (Å²) in [6, 6.07) is 7.17. The van der Waals surface area contributed by atoms with Gasteiger partial charge in [-0.3, -0.25) is 0 Å². The van der Waals surface area contributed by atoms with Gasteiger partial charge in [0, 0.05) is 11.8 Å². The summed E-state index contributed by atoms with van der Waals surface area (Å²) in [5, 5.41) is 13.3. The number of carbonyl (C=O) groups is 1. The van der Waals surface area contributed by atoms with Gasteiger partial charge >= 0.3 is 5.97 Å². The summed E-state index contributed by atoms with van der Waals surface area (Å²) in [7, 11) is 2.86. The number of ether oxygens (including phenoxy) is 2. The van der Waals surface area contributed by atoms with E-state index in [-0.39, 0.29) is 12.3 Å². The summed E-state index contributed by atoms with van der Waals surface area (Å²) in [6.07, 6.45) is 1.59. The predicted molar refractivity (Wildman–Crippen MR) is 67.4 cm³/mol. The second-order valence-electron chi connectivity index (χ2n) is 3.80. The van der Waals surface area contributed by atoms with Crippen LogP contribution in [0.4, 0.5) is 0 Å². The molecule has 6 heteroatoms. The van der Waals surface area contributed by atoms with Crippen LogP contribution in [0.2, 0.25) is 0 Å². The summed E-state index contributed by atoms with van der Waals surface area (Å²) in [5.74, 6) is 0.155. The molecule has 0 spiro atoms. The second kappa shape index (κ2) is 5.53. The van der Waals surface area contributed by atoms with Crippen molar-refractivity contribution in [2.45, 2.75) is 6.61 Å². The van der Waals surface area contributed by atoms with E-state index in [1.54, 1.807) is 37.6 Å². The molecular formula is C13H14N2O4. The lowest BCUT2D eigenvalue weighted by molar-refractivity contribution is 0.0590. The number of aliphatic hydroxyl groups excluding tert-OH is 1. The van der Waals surface area contributed by atoms with Crippen molar-refractivity contribution >= 4 is 5.97 Å². The lowest BCUT2D eigenvalue weighted by Gasteiger charge is -2.03. The highest BCUT2D eigenvalue weighted by atomic mass is 16.5. The van der Waals surface area contributed by atoms with E-state index in [0.29, 0.717) is 5.56 Å². The Morgan fingerprint density at radius 3 is 2.53 bits per heavy atom. The number of aromatic nitrogens is 2. The maximum Gasteiger partial charge on any atom is 0.358 e. The van der Waals surface area contributed by atoms with Crippen LogP contribution in [0, 0.1) is 0 Å². The molecule has 0 saturated heterocycles. The molecule has 0 saturated carbocycles. The van der Waals surface area contributed by atoms with Crippen LogP contribution in [-0.2, 0) is 11.3 Å². The van der Waals surface area contributed by atoms with Gasteiger partial charge < -0.3 is 14.6 Å². The van der Waals surface area contributed by atoms with E-state index in [1.165, 1.54) is 11.8 Å². The normalized spacial score (nSPS) is 10.3. The lowest BCUT2D eigenvalue weighted by atomic mass is 10.2. The van der Waals surface area contributed by atoms with Crippen molar-refractivity contribution in [2.75, 3.05) is 14.2 Å². The van der Waals surface area contributed by atoms with Gasteiger partial charge in [0.2, 0.25) is 0 Å². The fraction of sp³-hybridized carbons (Fsp3) is 0.231.